The first-order chi connectivity index (χ1) is 9.56. The van der Waals surface area contributed by atoms with Crippen LogP contribution in [0.5, 0.6) is 0 Å². The van der Waals surface area contributed by atoms with Crippen molar-refractivity contribution in [2.75, 3.05) is 24.5 Å². The molecular weight excluding hydrogens is 300 g/mol. The smallest absolute Gasteiger partial charge is 0.252 e. The van der Waals surface area contributed by atoms with Crippen molar-refractivity contribution >= 4 is 32.4 Å². The summed E-state index contributed by atoms with van der Waals surface area (Å²) >= 11 is 1.15. The van der Waals surface area contributed by atoms with Crippen molar-refractivity contribution in [3.8, 4) is 0 Å². The third-order valence-electron chi connectivity index (χ3n) is 3.46. The fourth-order valence-corrected chi connectivity index (χ4v) is 4.80. The third kappa shape index (κ3) is 2.65. The second-order valence-corrected chi connectivity index (χ2v) is 7.86. The van der Waals surface area contributed by atoms with E-state index in [-0.39, 0.29) is 10.1 Å². The highest BCUT2D eigenvalue weighted by Gasteiger charge is 2.30. The predicted octanol–water partition coefficient (Wildman–Crippen LogP) is -0.0899. The summed E-state index contributed by atoms with van der Waals surface area (Å²) in [5.41, 5.74) is 0. The van der Waals surface area contributed by atoms with Gasteiger partial charge >= 0.3 is 0 Å². The number of carbonyl (C=O) groups is 1. The molecule has 1 amide bonds. The van der Waals surface area contributed by atoms with Gasteiger partial charge in [-0.05, 0) is 19.3 Å². The number of hydrogen-bond donors (Lipinski definition) is 2. The minimum Gasteiger partial charge on any atom is -0.355 e. The lowest BCUT2D eigenvalue weighted by atomic mass is 10.3. The Labute approximate surface area is 121 Å². The second-order valence-electron chi connectivity index (χ2n) is 4.91. The Balaban J connectivity index is 1.75. The topological polar surface area (TPSA) is 91.4 Å². The van der Waals surface area contributed by atoms with E-state index in [0.29, 0.717) is 13.0 Å². The van der Waals surface area contributed by atoms with E-state index in [0.717, 1.165) is 42.4 Å². The van der Waals surface area contributed by atoms with Crippen molar-refractivity contribution in [2.45, 2.75) is 29.5 Å². The zero-order valence-electron chi connectivity index (χ0n) is 10.8. The monoisotopic (exact) mass is 316 g/mol. The van der Waals surface area contributed by atoms with E-state index in [9.17, 15) is 13.2 Å². The molecule has 0 unspecified atom stereocenters. The van der Waals surface area contributed by atoms with Crippen LogP contribution in [-0.4, -0.2) is 45.0 Å². The molecular formula is C11H16N4O3S2. The molecule has 2 fully saturated rings. The molecule has 9 heteroatoms. The summed E-state index contributed by atoms with van der Waals surface area (Å²) in [5, 5.41) is 3.34. The van der Waals surface area contributed by atoms with Crippen molar-refractivity contribution in [2.24, 2.45) is 0 Å². The first kappa shape index (κ1) is 13.8. The van der Waals surface area contributed by atoms with Crippen LogP contribution in [0.15, 0.2) is 10.4 Å². The van der Waals surface area contributed by atoms with Gasteiger partial charge in [0, 0.05) is 19.6 Å². The molecule has 0 aromatic carbocycles. The van der Waals surface area contributed by atoms with Crippen LogP contribution in [0, 0.1) is 0 Å². The fourth-order valence-electron chi connectivity index (χ4n) is 2.38. The highest BCUT2D eigenvalue weighted by Crippen LogP contribution is 2.28. The predicted molar refractivity (Wildman–Crippen MR) is 75.3 cm³/mol. The molecule has 2 aliphatic heterocycles. The zero-order chi connectivity index (χ0) is 14.2. The molecule has 2 aliphatic rings. The number of rotatable bonds is 4. The van der Waals surface area contributed by atoms with Gasteiger partial charge in [-0.15, -0.1) is 0 Å². The van der Waals surface area contributed by atoms with Crippen LogP contribution < -0.4 is 14.9 Å². The Kier molecular flexibility index (Phi) is 3.65. The van der Waals surface area contributed by atoms with Crippen molar-refractivity contribution < 1.29 is 13.2 Å². The van der Waals surface area contributed by atoms with Gasteiger partial charge in [0.15, 0.2) is 9.34 Å². The molecule has 0 bridgehead atoms. The van der Waals surface area contributed by atoms with Gasteiger partial charge in [0.05, 0.1) is 6.20 Å². The first-order valence-electron chi connectivity index (χ1n) is 6.57. The summed E-state index contributed by atoms with van der Waals surface area (Å²) in [6.07, 6.45) is 4.08. The number of anilines is 1. The van der Waals surface area contributed by atoms with Gasteiger partial charge in [-0.1, -0.05) is 11.3 Å². The minimum atomic E-state index is -3.67. The molecule has 2 saturated heterocycles. The van der Waals surface area contributed by atoms with E-state index < -0.39 is 16.1 Å². The summed E-state index contributed by atoms with van der Waals surface area (Å²) < 4.78 is 27.0. The summed E-state index contributed by atoms with van der Waals surface area (Å²) in [4.78, 5) is 17.7. The summed E-state index contributed by atoms with van der Waals surface area (Å²) in [5.74, 6) is -0.266. The standard InChI is InChI=1S/C11H16N4O3S2/c16-10-8(3-4-12-10)14-20(17,18)9-7-13-11(19-9)15-5-1-2-6-15/h7-8,14H,1-6H2,(H,12,16)/t8-/m0/s1. The van der Waals surface area contributed by atoms with Gasteiger partial charge < -0.3 is 10.2 Å². The SMILES string of the molecule is O=C1NCC[C@@H]1NS(=O)(=O)c1cnc(N2CCCC2)s1. The van der Waals surface area contributed by atoms with Gasteiger partial charge in [0.2, 0.25) is 5.91 Å². The number of aromatic nitrogens is 1. The zero-order valence-corrected chi connectivity index (χ0v) is 12.5. The molecule has 1 atom stereocenters. The van der Waals surface area contributed by atoms with Gasteiger partial charge in [0.1, 0.15) is 6.04 Å². The van der Waals surface area contributed by atoms with Gasteiger partial charge in [-0.2, -0.15) is 4.72 Å². The Hall–Kier alpha value is -1.19. The van der Waals surface area contributed by atoms with Gasteiger partial charge in [0.25, 0.3) is 10.0 Å². The molecule has 3 rings (SSSR count). The van der Waals surface area contributed by atoms with Crippen LogP contribution in [-0.2, 0) is 14.8 Å². The number of hydrogen-bond acceptors (Lipinski definition) is 6. The number of amides is 1. The molecule has 20 heavy (non-hydrogen) atoms. The lowest BCUT2D eigenvalue weighted by Crippen LogP contribution is -2.39. The molecule has 7 nitrogen and oxygen atoms in total. The van der Waals surface area contributed by atoms with E-state index in [1.165, 1.54) is 6.20 Å². The minimum absolute atomic E-state index is 0.166. The van der Waals surface area contributed by atoms with E-state index in [4.69, 9.17) is 0 Å². The average Bonchev–Trinajstić information content (AvgIpc) is 3.10. The van der Waals surface area contributed by atoms with Crippen LogP contribution >= 0.6 is 11.3 Å². The molecule has 110 valence electrons. The quantitative estimate of drug-likeness (QED) is 0.810. The normalized spacial score (nSPS) is 23.3. The summed E-state index contributed by atoms with van der Waals surface area (Å²) in [6.45, 7) is 2.35. The maximum absolute atomic E-state index is 12.2. The maximum atomic E-state index is 12.2. The Morgan fingerprint density at radius 1 is 1.40 bits per heavy atom. The van der Waals surface area contributed by atoms with Crippen LogP contribution in [0.3, 0.4) is 0 Å². The summed E-state index contributed by atoms with van der Waals surface area (Å²) in [6, 6.07) is -0.669. The van der Waals surface area contributed by atoms with Gasteiger partial charge in [-0.25, -0.2) is 13.4 Å². The van der Waals surface area contributed by atoms with Crippen molar-refractivity contribution in [1.29, 1.82) is 0 Å². The van der Waals surface area contributed by atoms with Crippen molar-refractivity contribution in [3.63, 3.8) is 0 Å². The molecule has 3 heterocycles. The lowest BCUT2D eigenvalue weighted by molar-refractivity contribution is -0.120. The van der Waals surface area contributed by atoms with Crippen molar-refractivity contribution in [3.05, 3.63) is 6.20 Å². The molecule has 0 saturated carbocycles. The Morgan fingerprint density at radius 2 is 2.15 bits per heavy atom. The van der Waals surface area contributed by atoms with E-state index in [1.54, 1.807) is 0 Å². The number of thiazole rings is 1. The average molecular weight is 316 g/mol. The Bertz CT molecular complexity index is 607. The number of sulfonamides is 1. The van der Waals surface area contributed by atoms with E-state index >= 15 is 0 Å². The van der Waals surface area contributed by atoms with Crippen LogP contribution in [0.1, 0.15) is 19.3 Å². The molecule has 0 aliphatic carbocycles. The number of nitrogens with one attached hydrogen (secondary N) is 2. The van der Waals surface area contributed by atoms with E-state index in [2.05, 4.69) is 19.9 Å². The Morgan fingerprint density at radius 3 is 2.80 bits per heavy atom. The number of nitrogens with zero attached hydrogens (tertiary/aromatic N) is 2. The van der Waals surface area contributed by atoms with Gasteiger partial charge in [-0.3, -0.25) is 4.79 Å². The highest BCUT2D eigenvalue weighted by atomic mass is 32.2. The maximum Gasteiger partial charge on any atom is 0.252 e. The second kappa shape index (κ2) is 5.30. The lowest BCUT2D eigenvalue weighted by Gasteiger charge is -2.12. The van der Waals surface area contributed by atoms with Crippen LogP contribution in [0.2, 0.25) is 0 Å². The molecule has 0 spiro atoms. The molecule has 2 N–H and O–H groups in total. The number of carbonyl (C=O) groups excluding carboxylic acids is 1. The molecule has 0 radical (unpaired) electrons. The van der Waals surface area contributed by atoms with E-state index in [1.807, 2.05) is 0 Å². The highest BCUT2D eigenvalue weighted by molar-refractivity contribution is 7.91. The van der Waals surface area contributed by atoms with Crippen molar-refractivity contribution in [1.82, 2.24) is 15.0 Å². The molecule has 1 aromatic rings. The molecule has 1 aromatic heterocycles. The first-order valence-corrected chi connectivity index (χ1v) is 8.87. The largest absolute Gasteiger partial charge is 0.355 e. The van der Waals surface area contributed by atoms with Crippen LogP contribution in [0.4, 0.5) is 5.13 Å². The third-order valence-corrected chi connectivity index (χ3v) is 6.45. The van der Waals surface area contributed by atoms with Crippen LogP contribution in [0.25, 0.3) is 0 Å². The fraction of sp³-hybridized carbons (Fsp3) is 0.636. The summed E-state index contributed by atoms with van der Waals surface area (Å²) in [7, 11) is -3.67.